The number of nitro benzene ring substituents is 1. The van der Waals surface area contributed by atoms with Gasteiger partial charge in [-0.25, -0.2) is 4.79 Å². The molecular weight excluding hydrogens is 262 g/mol. The van der Waals surface area contributed by atoms with Crippen molar-refractivity contribution in [1.29, 1.82) is 0 Å². The molecule has 0 aromatic heterocycles. The predicted molar refractivity (Wildman–Crippen MR) is 75.3 cm³/mol. The summed E-state index contributed by atoms with van der Waals surface area (Å²) in [6, 6.07) is 5.15. The van der Waals surface area contributed by atoms with Crippen LogP contribution in [-0.2, 0) is 9.78 Å². The molecule has 0 aliphatic rings. The van der Waals surface area contributed by atoms with Gasteiger partial charge in [0.15, 0.2) is 0 Å². The van der Waals surface area contributed by atoms with E-state index in [0.717, 1.165) is 12.8 Å². The van der Waals surface area contributed by atoms with Gasteiger partial charge in [-0.1, -0.05) is 27.7 Å². The average Bonchev–Trinajstić information content (AvgIpc) is 2.50. The van der Waals surface area contributed by atoms with Crippen molar-refractivity contribution in [3.63, 3.8) is 0 Å². The second-order valence-corrected chi connectivity index (χ2v) is 3.71. The fourth-order valence-corrected chi connectivity index (χ4v) is 1.30. The minimum Gasteiger partial charge on any atom is -0.293 e. The highest BCUT2D eigenvalue weighted by Crippen LogP contribution is 2.13. The molecule has 6 heteroatoms. The van der Waals surface area contributed by atoms with E-state index in [-0.39, 0.29) is 17.4 Å². The molecule has 0 atom stereocenters. The van der Waals surface area contributed by atoms with Crippen LogP contribution in [0.15, 0.2) is 24.3 Å². The Kier molecular flexibility index (Phi) is 8.95. The molecule has 0 radical (unpaired) electrons. The maximum absolute atomic E-state index is 11.5. The Morgan fingerprint density at radius 2 is 1.70 bits per heavy atom. The third kappa shape index (κ3) is 5.79. The van der Waals surface area contributed by atoms with E-state index < -0.39 is 10.9 Å². The first-order valence-electron chi connectivity index (χ1n) is 6.70. The van der Waals surface area contributed by atoms with Gasteiger partial charge in [-0.05, 0) is 25.0 Å². The number of rotatable bonds is 6. The molecule has 1 rings (SSSR count). The van der Waals surface area contributed by atoms with Crippen LogP contribution in [0.1, 0.15) is 50.9 Å². The third-order valence-corrected chi connectivity index (χ3v) is 2.48. The molecule has 6 nitrogen and oxygen atoms in total. The Morgan fingerprint density at radius 1 is 1.20 bits per heavy atom. The summed E-state index contributed by atoms with van der Waals surface area (Å²) in [5, 5.41) is 10.4. The SMILES string of the molecule is CC.CCC(CC)OOC(=O)c1ccc([N+](=O)[O-])cc1. The fraction of sp³-hybridized carbons (Fsp3) is 0.500. The number of benzene rings is 1. The van der Waals surface area contributed by atoms with Gasteiger partial charge >= 0.3 is 5.97 Å². The highest BCUT2D eigenvalue weighted by Gasteiger charge is 2.13. The zero-order valence-corrected chi connectivity index (χ0v) is 12.3. The summed E-state index contributed by atoms with van der Waals surface area (Å²) in [5.74, 6) is -0.656. The zero-order chi connectivity index (χ0) is 15.5. The lowest BCUT2D eigenvalue weighted by atomic mass is 10.2. The van der Waals surface area contributed by atoms with Crippen molar-refractivity contribution < 1.29 is 19.5 Å². The molecule has 0 saturated carbocycles. The van der Waals surface area contributed by atoms with Crippen LogP contribution in [0, 0.1) is 10.1 Å². The van der Waals surface area contributed by atoms with Crippen LogP contribution in [-0.4, -0.2) is 17.0 Å². The summed E-state index contributed by atoms with van der Waals surface area (Å²) in [4.78, 5) is 31.1. The summed E-state index contributed by atoms with van der Waals surface area (Å²) < 4.78 is 0. The van der Waals surface area contributed by atoms with Crippen LogP contribution < -0.4 is 0 Å². The summed E-state index contributed by atoms with van der Waals surface area (Å²) in [5.41, 5.74) is 0.138. The van der Waals surface area contributed by atoms with Crippen LogP contribution in [0.4, 0.5) is 5.69 Å². The lowest BCUT2D eigenvalue weighted by molar-refractivity contribution is -0.384. The number of nitro groups is 1. The zero-order valence-electron chi connectivity index (χ0n) is 12.3. The number of carbonyl (C=O) groups is 1. The number of hydrogen-bond donors (Lipinski definition) is 0. The Hall–Kier alpha value is -1.95. The summed E-state index contributed by atoms with van der Waals surface area (Å²) in [6.45, 7) is 7.85. The Labute approximate surface area is 118 Å². The third-order valence-electron chi connectivity index (χ3n) is 2.48. The van der Waals surface area contributed by atoms with E-state index in [1.807, 2.05) is 27.7 Å². The highest BCUT2D eigenvalue weighted by atomic mass is 17.2. The van der Waals surface area contributed by atoms with Crippen molar-refractivity contribution in [3.8, 4) is 0 Å². The first-order valence-corrected chi connectivity index (χ1v) is 6.70. The van der Waals surface area contributed by atoms with E-state index in [1.54, 1.807) is 0 Å². The lowest BCUT2D eigenvalue weighted by Gasteiger charge is -2.11. The molecule has 0 saturated heterocycles. The molecule has 0 heterocycles. The summed E-state index contributed by atoms with van der Waals surface area (Å²) >= 11 is 0. The van der Waals surface area contributed by atoms with Gasteiger partial charge in [0.05, 0.1) is 10.5 Å². The molecule has 1 aromatic rings. The van der Waals surface area contributed by atoms with Gasteiger partial charge in [0, 0.05) is 12.1 Å². The van der Waals surface area contributed by atoms with Gasteiger partial charge in [-0.3, -0.25) is 15.0 Å². The molecule has 1 aromatic carbocycles. The van der Waals surface area contributed by atoms with Crippen molar-refractivity contribution in [3.05, 3.63) is 39.9 Å². The number of hydrogen-bond acceptors (Lipinski definition) is 5. The van der Waals surface area contributed by atoms with Gasteiger partial charge in [-0.2, -0.15) is 4.89 Å². The first-order chi connectivity index (χ1) is 9.58. The average molecular weight is 283 g/mol. The first kappa shape index (κ1) is 18.0. The maximum atomic E-state index is 11.5. The fourth-order valence-electron chi connectivity index (χ4n) is 1.30. The van der Waals surface area contributed by atoms with Crippen molar-refractivity contribution in [2.24, 2.45) is 0 Å². The standard InChI is InChI=1S/C12H15NO5.C2H6/c1-3-11(4-2)17-18-12(14)9-5-7-10(8-6-9)13(15)16;1-2/h5-8,11H,3-4H2,1-2H3;1-2H3. The summed E-state index contributed by atoms with van der Waals surface area (Å²) in [6.07, 6.45) is 1.35. The Morgan fingerprint density at radius 3 is 2.10 bits per heavy atom. The van der Waals surface area contributed by atoms with Gasteiger partial charge in [-0.15, -0.1) is 0 Å². The molecule has 0 fully saturated rings. The molecule has 112 valence electrons. The molecule has 0 aliphatic heterocycles. The van der Waals surface area contributed by atoms with Crippen molar-refractivity contribution in [2.45, 2.75) is 46.6 Å². The van der Waals surface area contributed by atoms with Gasteiger partial charge in [0.1, 0.15) is 6.10 Å². The van der Waals surface area contributed by atoms with E-state index in [4.69, 9.17) is 4.89 Å². The minimum absolute atomic E-state index is 0.0764. The molecule has 0 N–H and O–H groups in total. The van der Waals surface area contributed by atoms with E-state index >= 15 is 0 Å². The Balaban J connectivity index is 0.00000172. The predicted octanol–water partition coefficient (Wildman–Crippen LogP) is 3.90. The van der Waals surface area contributed by atoms with Gasteiger partial charge in [0.2, 0.25) is 0 Å². The monoisotopic (exact) mass is 283 g/mol. The molecule has 0 unspecified atom stereocenters. The maximum Gasteiger partial charge on any atom is 0.373 e. The van der Waals surface area contributed by atoms with Crippen molar-refractivity contribution >= 4 is 11.7 Å². The number of nitrogens with zero attached hydrogens (tertiary/aromatic N) is 1. The van der Waals surface area contributed by atoms with Gasteiger partial charge in [0.25, 0.3) is 5.69 Å². The van der Waals surface area contributed by atoms with Crippen LogP contribution in [0.2, 0.25) is 0 Å². The minimum atomic E-state index is -0.656. The van der Waals surface area contributed by atoms with Crippen LogP contribution in [0.3, 0.4) is 0 Å². The summed E-state index contributed by atoms with van der Waals surface area (Å²) in [7, 11) is 0. The normalized spacial score (nSPS) is 9.65. The number of carbonyl (C=O) groups excluding carboxylic acids is 1. The Bertz CT molecular complexity index is 412. The molecule has 0 bridgehead atoms. The second-order valence-electron chi connectivity index (χ2n) is 3.71. The molecule has 0 spiro atoms. The second kappa shape index (κ2) is 9.91. The molecular formula is C14H21NO5. The topological polar surface area (TPSA) is 78.7 Å². The quantitative estimate of drug-likeness (QED) is 0.449. The lowest BCUT2D eigenvalue weighted by Crippen LogP contribution is -2.15. The molecule has 0 amide bonds. The highest BCUT2D eigenvalue weighted by molar-refractivity contribution is 5.89. The smallest absolute Gasteiger partial charge is 0.293 e. The van der Waals surface area contributed by atoms with Crippen LogP contribution in [0.5, 0.6) is 0 Å². The largest absolute Gasteiger partial charge is 0.373 e. The van der Waals surface area contributed by atoms with E-state index in [1.165, 1.54) is 24.3 Å². The molecule has 0 aliphatic carbocycles. The van der Waals surface area contributed by atoms with Gasteiger partial charge < -0.3 is 0 Å². The number of non-ortho nitro benzene ring substituents is 1. The molecule has 20 heavy (non-hydrogen) atoms. The van der Waals surface area contributed by atoms with E-state index in [9.17, 15) is 14.9 Å². The van der Waals surface area contributed by atoms with E-state index in [0.29, 0.717) is 0 Å². The van der Waals surface area contributed by atoms with Crippen LogP contribution >= 0.6 is 0 Å². The van der Waals surface area contributed by atoms with E-state index in [2.05, 4.69) is 4.89 Å². The van der Waals surface area contributed by atoms with Crippen LogP contribution in [0.25, 0.3) is 0 Å². The van der Waals surface area contributed by atoms with Crippen molar-refractivity contribution in [1.82, 2.24) is 0 Å². The van der Waals surface area contributed by atoms with Crippen molar-refractivity contribution in [2.75, 3.05) is 0 Å².